The van der Waals surface area contributed by atoms with Crippen LogP contribution in [-0.4, -0.2) is 62.2 Å². The Kier molecular flexibility index (Phi) is 6.39. The smallest absolute Gasteiger partial charge is 0.254 e. The minimum Gasteiger partial charge on any atom is -0.494 e. The van der Waals surface area contributed by atoms with E-state index in [0.717, 1.165) is 64.5 Å². The van der Waals surface area contributed by atoms with E-state index >= 15 is 0 Å². The molecule has 0 spiro atoms. The third-order valence-electron chi connectivity index (χ3n) is 10.1. The first-order valence-corrected chi connectivity index (χ1v) is 15.7. The van der Waals surface area contributed by atoms with Crippen LogP contribution in [0.15, 0.2) is 48.7 Å². The number of hydrogen-bond donors (Lipinski definition) is 0. The highest BCUT2D eigenvalue weighted by Crippen LogP contribution is 2.42. The number of carbonyl (C=O) groups is 1. The summed E-state index contributed by atoms with van der Waals surface area (Å²) in [6.07, 6.45) is 6.72. The van der Waals surface area contributed by atoms with Crippen molar-refractivity contribution >= 4 is 28.0 Å². The van der Waals surface area contributed by atoms with Crippen molar-refractivity contribution in [2.75, 3.05) is 27.3 Å². The number of benzene rings is 1. The van der Waals surface area contributed by atoms with Gasteiger partial charge >= 0.3 is 0 Å². The number of imidazole rings is 1. The molecular formula is C35H38N6O3. The fourth-order valence-electron chi connectivity index (χ4n) is 7.58. The maximum absolute atomic E-state index is 13.8. The second-order valence-corrected chi connectivity index (χ2v) is 13.1. The number of amides is 1. The first kappa shape index (κ1) is 27.2. The Morgan fingerprint density at radius 3 is 2.59 bits per heavy atom. The van der Waals surface area contributed by atoms with Crippen LogP contribution in [-0.2, 0) is 13.6 Å². The molecule has 1 saturated heterocycles. The molecule has 44 heavy (non-hydrogen) atoms. The zero-order chi connectivity index (χ0) is 30.1. The molecule has 2 aliphatic carbocycles. The predicted octanol–water partition coefficient (Wildman–Crippen LogP) is 6.20. The Labute approximate surface area is 256 Å². The summed E-state index contributed by atoms with van der Waals surface area (Å²) < 4.78 is 15.5. The number of rotatable bonds is 7. The molecule has 9 heteroatoms. The second-order valence-electron chi connectivity index (χ2n) is 13.1. The standard InChI is InChI=1S/C35H38N6O3/c1-20-11-22-12-26(20)19-40(17-22)35(42)25-13-28-32(30(15-25)43-3)39(2)34(38-28)29-14-23-7-9-27(24-8-10-31(44-4)36-16-24)37-33(23)41(29)18-21-5-6-21/h7-10,13-16,20-22,26H,5-6,11-12,17-19H2,1-4H3/t20-,22?,26?/m0/s1. The third kappa shape index (κ3) is 4.52. The van der Waals surface area contributed by atoms with Gasteiger partial charge in [-0.3, -0.25) is 4.79 Å². The van der Waals surface area contributed by atoms with Gasteiger partial charge in [-0.2, -0.15) is 0 Å². The number of piperidine rings is 1. The average Bonchev–Trinajstić information content (AvgIpc) is 3.64. The molecule has 0 N–H and O–H groups in total. The maximum Gasteiger partial charge on any atom is 0.254 e. The van der Waals surface area contributed by atoms with Gasteiger partial charge in [0, 0.05) is 55.5 Å². The van der Waals surface area contributed by atoms with Gasteiger partial charge in [0.2, 0.25) is 5.88 Å². The molecule has 2 bridgehead atoms. The molecule has 226 valence electrons. The van der Waals surface area contributed by atoms with E-state index in [2.05, 4.69) is 38.1 Å². The van der Waals surface area contributed by atoms with Crippen molar-refractivity contribution in [1.29, 1.82) is 0 Å². The molecule has 2 unspecified atom stereocenters. The molecule has 8 rings (SSSR count). The predicted molar refractivity (Wildman–Crippen MR) is 170 cm³/mol. The van der Waals surface area contributed by atoms with Crippen LogP contribution in [0.3, 0.4) is 0 Å². The van der Waals surface area contributed by atoms with Crippen molar-refractivity contribution in [1.82, 2.24) is 29.0 Å². The number of aromatic nitrogens is 5. The van der Waals surface area contributed by atoms with E-state index in [0.29, 0.717) is 40.9 Å². The van der Waals surface area contributed by atoms with E-state index in [4.69, 9.17) is 19.4 Å². The van der Waals surface area contributed by atoms with E-state index < -0.39 is 0 Å². The molecule has 3 atom stereocenters. The molecule has 0 radical (unpaired) electrons. The molecule has 4 aromatic heterocycles. The fraction of sp³-hybridized carbons (Fsp3) is 0.429. The summed E-state index contributed by atoms with van der Waals surface area (Å²) in [5.41, 5.74) is 6.04. The Balaban J connectivity index is 1.21. The van der Waals surface area contributed by atoms with Crippen LogP contribution in [0.1, 0.15) is 43.0 Å². The van der Waals surface area contributed by atoms with Crippen LogP contribution in [0.5, 0.6) is 11.6 Å². The molecule has 2 saturated carbocycles. The number of pyridine rings is 2. The van der Waals surface area contributed by atoms with Gasteiger partial charge < -0.3 is 23.5 Å². The summed E-state index contributed by atoms with van der Waals surface area (Å²) >= 11 is 0. The normalized spacial score (nSPS) is 21.4. The van der Waals surface area contributed by atoms with E-state index in [-0.39, 0.29) is 5.91 Å². The number of fused-ring (bicyclic) bond motifs is 4. The van der Waals surface area contributed by atoms with Crippen molar-refractivity contribution in [3.8, 4) is 34.4 Å². The molecule has 1 amide bonds. The molecule has 1 aliphatic heterocycles. The van der Waals surface area contributed by atoms with E-state index in [1.165, 1.54) is 25.7 Å². The highest BCUT2D eigenvalue weighted by Gasteiger charge is 2.39. The van der Waals surface area contributed by atoms with Crippen LogP contribution in [0.25, 0.3) is 44.8 Å². The van der Waals surface area contributed by atoms with Crippen LogP contribution < -0.4 is 9.47 Å². The van der Waals surface area contributed by atoms with E-state index in [1.54, 1.807) is 20.4 Å². The molecular weight excluding hydrogens is 552 g/mol. The van der Waals surface area contributed by atoms with Crippen molar-refractivity contribution in [3.63, 3.8) is 0 Å². The van der Waals surface area contributed by atoms with Gasteiger partial charge in [0.15, 0.2) is 5.82 Å². The minimum absolute atomic E-state index is 0.0776. The van der Waals surface area contributed by atoms with Crippen molar-refractivity contribution in [2.24, 2.45) is 30.7 Å². The summed E-state index contributed by atoms with van der Waals surface area (Å²) in [5.74, 6) is 4.69. The highest BCUT2D eigenvalue weighted by atomic mass is 16.5. The Bertz CT molecular complexity index is 1900. The summed E-state index contributed by atoms with van der Waals surface area (Å²) in [6.45, 7) is 4.90. The van der Waals surface area contributed by atoms with Crippen LogP contribution in [0.2, 0.25) is 0 Å². The minimum atomic E-state index is 0.0776. The number of carbonyl (C=O) groups excluding carboxylic acids is 1. The summed E-state index contributed by atoms with van der Waals surface area (Å²) in [5, 5.41) is 1.06. The quantitative estimate of drug-likeness (QED) is 0.224. The van der Waals surface area contributed by atoms with Crippen molar-refractivity contribution < 1.29 is 14.3 Å². The van der Waals surface area contributed by atoms with Crippen molar-refractivity contribution in [2.45, 2.75) is 39.2 Å². The van der Waals surface area contributed by atoms with E-state index in [1.807, 2.05) is 37.4 Å². The van der Waals surface area contributed by atoms with Crippen LogP contribution in [0, 0.1) is 23.7 Å². The number of ether oxygens (including phenoxy) is 2. The Morgan fingerprint density at radius 2 is 1.86 bits per heavy atom. The van der Waals surface area contributed by atoms with Crippen LogP contribution in [0.4, 0.5) is 0 Å². The lowest BCUT2D eigenvalue weighted by molar-refractivity contribution is 0.0653. The molecule has 1 aromatic carbocycles. The molecule has 5 heterocycles. The largest absolute Gasteiger partial charge is 0.494 e. The second kappa shape index (κ2) is 10.4. The first-order chi connectivity index (χ1) is 21.4. The maximum atomic E-state index is 13.8. The monoisotopic (exact) mass is 590 g/mol. The van der Waals surface area contributed by atoms with E-state index in [9.17, 15) is 4.79 Å². The van der Waals surface area contributed by atoms with Gasteiger partial charge in [-0.1, -0.05) is 6.92 Å². The van der Waals surface area contributed by atoms with Gasteiger partial charge in [-0.05, 0) is 85.8 Å². The van der Waals surface area contributed by atoms with Gasteiger partial charge in [-0.15, -0.1) is 0 Å². The fourth-order valence-corrected chi connectivity index (χ4v) is 7.58. The van der Waals surface area contributed by atoms with Gasteiger partial charge in [0.1, 0.15) is 16.9 Å². The number of aryl methyl sites for hydroxylation is 1. The number of likely N-dealkylation sites (tertiary alicyclic amines) is 1. The molecule has 5 aromatic rings. The lowest BCUT2D eigenvalue weighted by atomic mass is 9.95. The van der Waals surface area contributed by atoms with Crippen molar-refractivity contribution in [3.05, 3.63) is 54.2 Å². The summed E-state index contributed by atoms with van der Waals surface area (Å²) in [4.78, 5) is 30.5. The molecule has 9 nitrogen and oxygen atoms in total. The molecule has 3 aliphatic rings. The lowest BCUT2D eigenvalue weighted by Gasteiger charge is -2.32. The number of nitrogens with zero attached hydrogens (tertiary/aromatic N) is 6. The van der Waals surface area contributed by atoms with Crippen LogP contribution >= 0.6 is 0 Å². The Hall–Kier alpha value is -4.40. The first-order valence-electron chi connectivity index (χ1n) is 15.7. The average molecular weight is 591 g/mol. The highest BCUT2D eigenvalue weighted by molar-refractivity contribution is 6.00. The molecule has 3 fully saturated rings. The summed E-state index contributed by atoms with van der Waals surface area (Å²) in [6, 6.07) is 14.0. The number of hydrogen-bond acceptors (Lipinski definition) is 6. The topological polar surface area (TPSA) is 87.3 Å². The zero-order valence-electron chi connectivity index (χ0n) is 25.8. The zero-order valence-corrected chi connectivity index (χ0v) is 25.8. The Morgan fingerprint density at radius 1 is 1.00 bits per heavy atom. The number of methoxy groups -OCH3 is 2. The summed E-state index contributed by atoms with van der Waals surface area (Å²) in [7, 11) is 5.31. The third-order valence-corrected chi connectivity index (χ3v) is 10.1. The SMILES string of the molecule is COc1ccc(-c2ccc3cc(-c4nc5cc(C(=O)N6CC7CC(C6)[C@@H](C)C7)cc(OC)c5n4C)n(CC4CC4)c3n2)cn1. The van der Waals surface area contributed by atoms with Gasteiger partial charge in [-0.25, -0.2) is 15.0 Å². The van der Waals surface area contributed by atoms with Gasteiger partial charge in [0.25, 0.3) is 5.91 Å². The van der Waals surface area contributed by atoms with Gasteiger partial charge in [0.05, 0.1) is 31.1 Å². The lowest BCUT2D eigenvalue weighted by Crippen LogP contribution is -2.41.